The molecule has 7 heteroatoms. The summed E-state index contributed by atoms with van der Waals surface area (Å²) in [5.41, 5.74) is 6.04. The number of carbonyl (C=O) groups is 1. The monoisotopic (exact) mass is 460 g/mol. The molecule has 3 aromatic rings. The van der Waals surface area contributed by atoms with Gasteiger partial charge in [0.15, 0.2) is 0 Å². The number of aryl methyl sites for hydroxylation is 1. The van der Waals surface area contributed by atoms with Crippen LogP contribution >= 0.6 is 0 Å². The van der Waals surface area contributed by atoms with Gasteiger partial charge in [0.2, 0.25) is 5.91 Å². The molecule has 2 aromatic carbocycles. The van der Waals surface area contributed by atoms with E-state index in [9.17, 15) is 9.18 Å². The summed E-state index contributed by atoms with van der Waals surface area (Å²) in [5, 5.41) is 4.58. The number of hydrogen-bond acceptors (Lipinski definition) is 4. The average Bonchev–Trinajstić information content (AvgIpc) is 3.42. The lowest BCUT2D eigenvalue weighted by molar-refractivity contribution is -0.127. The number of ether oxygens (including phenoxy) is 1. The molecule has 0 atom stereocenters. The maximum Gasteiger partial charge on any atom is 0.246 e. The van der Waals surface area contributed by atoms with Crippen LogP contribution in [-0.2, 0) is 17.8 Å². The molecule has 6 nitrogen and oxygen atoms in total. The Morgan fingerprint density at radius 2 is 1.85 bits per heavy atom. The molecule has 5 rings (SSSR count). The van der Waals surface area contributed by atoms with E-state index in [0.29, 0.717) is 13.1 Å². The highest BCUT2D eigenvalue weighted by atomic mass is 19.1. The number of carbonyl (C=O) groups excluding carboxylic acids is 1. The Morgan fingerprint density at radius 1 is 1.09 bits per heavy atom. The van der Waals surface area contributed by atoms with Crippen LogP contribution in [0.25, 0.3) is 11.8 Å². The first kappa shape index (κ1) is 22.3. The number of nitrogens with zero attached hydrogens (tertiary/aromatic N) is 4. The molecular weight excluding hydrogens is 431 g/mol. The smallest absolute Gasteiger partial charge is 0.246 e. The first-order chi connectivity index (χ1) is 16.5. The van der Waals surface area contributed by atoms with E-state index in [1.807, 2.05) is 24.8 Å². The zero-order chi connectivity index (χ0) is 23.7. The minimum Gasteiger partial charge on any atom is -0.493 e. The van der Waals surface area contributed by atoms with Crippen LogP contribution < -0.4 is 4.74 Å². The van der Waals surface area contributed by atoms with Gasteiger partial charge in [-0.05, 0) is 61.4 Å². The predicted molar refractivity (Wildman–Crippen MR) is 130 cm³/mol. The Balaban J connectivity index is 1.19. The van der Waals surface area contributed by atoms with Crippen LogP contribution in [0, 0.1) is 19.7 Å². The van der Waals surface area contributed by atoms with Crippen molar-refractivity contribution in [2.45, 2.75) is 26.8 Å². The zero-order valence-electron chi connectivity index (χ0n) is 19.6. The van der Waals surface area contributed by atoms with Crippen molar-refractivity contribution in [1.29, 1.82) is 0 Å². The van der Waals surface area contributed by atoms with Gasteiger partial charge in [0.25, 0.3) is 0 Å². The highest BCUT2D eigenvalue weighted by molar-refractivity contribution is 5.92. The minimum atomic E-state index is -0.280. The summed E-state index contributed by atoms with van der Waals surface area (Å²) in [7, 11) is 0. The molecule has 0 aliphatic carbocycles. The lowest BCUT2D eigenvalue weighted by atomic mass is 10.1. The molecular formula is C27H29FN4O2. The van der Waals surface area contributed by atoms with Crippen molar-refractivity contribution in [3.63, 3.8) is 0 Å². The number of piperazine rings is 1. The topological polar surface area (TPSA) is 50.6 Å². The molecule has 1 aromatic heterocycles. The lowest BCUT2D eigenvalue weighted by Gasteiger charge is -2.34. The highest BCUT2D eigenvalue weighted by Crippen LogP contribution is 2.26. The van der Waals surface area contributed by atoms with Crippen molar-refractivity contribution in [2.24, 2.45) is 0 Å². The summed E-state index contributed by atoms with van der Waals surface area (Å²) in [6, 6.07) is 12.7. The Bertz CT molecular complexity index is 1220. The molecule has 2 aliphatic rings. The molecule has 0 unspecified atom stereocenters. The molecule has 0 saturated carbocycles. The summed E-state index contributed by atoms with van der Waals surface area (Å²) in [5.74, 6) is 0.750. The van der Waals surface area contributed by atoms with Crippen molar-refractivity contribution in [2.75, 3.05) is 32.8 Å². The van der Waals surface area contributed by atoms with E-state index >= 15 is 0 Å². The van der Waals surface area contributed by atoms with Crippen LogP contribution in [0.4, 0.5) is 4.39 Å². The van der Waals surface area contributed by atoms with Gasteiger partial charge < -0.3 is 9.64 Å². The maximum atomic E-state index is 13.3. The third kappa shape index (κ3) is 4.61. The van der Waals surface area contributed by atoms with Crippen LogP contribution in [-0.4, -0.2) is 58.3 Å². The quantitative estimate of drug-likeness (QED) is 0.542. The van der Waals surface area contributed by atoms with E-state index in [2.05, 4.69) is 28.2 Å². The fraction of sp³-hybridized carbons (Fsp3) is 0.333. The van der Waals surface area contributed by atoms with E-state index < -0.39 is 0 Å². The second-order valence-electron chi connectivity index (χ2n) is 8.95. The van der Waals surface area contributed by atoms with Gasteiger partial charge in [0.05, 0.1) is 18.0 Å². The Labute approximate surface area is 199 Å². The Kier molecular flexibility index (Phi) is 6.20. The second-order valence-corrected chi connectivity index (χ2v) is 8.95. The maximum absolute atomic E-state index is 13.3. The Hall–Kier alpha value is -3.45. The standard InChI is InChI=1S/C27H29FN4O2/c1-19-25(20(2)32(29-19)24-6-4-23(28)5-7-24)8-10-27(33)31-14-12-30(13-15-31)18-21-3-9-26-22(17-21)11-16-34-26/h3-10,17H,11-16,18H2,1-2H3. The first-order valence-corrected chi connectivity index (χ1v) is 11.7. The van der Waals surface area contributed by atoms with Crippen LogP contribution in [0.1, 0.15) is 28.1 Å². The molecule has 0 radical (unpaired) electrons. The van der Waals surface area contributed by atoms with E-state index in [0.717, 1.165) is 61.1 Å². The molecule has 1 fully saturated rings. The van der Waals surface area contributed by atoms with E-state index in [-0.39, 0.29) is 11.7 Å². The number of hydrogen-bond donors (Lipinski definition) is 0. The van der Waals surface area contributed by atoms with E-state index in [1.54, 1.807) is 22.9 Å². The number of halogens is 1. The SMILES string of the molecule is Cc1nn(-c2ccc(F)cc2)c(C)c1C=CC(=O)N1CCN(Cc2ccc3c(c2)CCO3)CC1. The molecule has 0 N–H and O–H groups in total. The summed E-state index contributed by atoms with van der Waals surface area (Å²) >= 11 is 0. The largest absolute Gasteiger partial charge is 0.493 e. The normalized spacial score (nSPS) is 16.1. The molecule has 34 heavy (non-hydrogen) atoms. The fourth-order valence-electron chi connectivity index (χ4n) is 4.71. The zero-order valence-corrected chi connectivity index (χ0v) is 19.6. The van der Waals surface area contributed by atoms with E-state index in [4.69, 9.17) is 4.74 Å². The van der Waals surface area contributed by atoms with Crippen LogP contribution in [0.3, 0.4) is 0 Å². The minimum absolute atomic E-state index is 0.0164. The van der Waals surface area contributed by atoms with Gasteiger partial charge >= 0.3 is 0 Å². The number of amides is 1. The molecule has 0 spiro atoms. The van der Waals surface area contributed by atoms with Crippen LogP contribution in [0.2, 0.25) is 0 Å². The van der Waals surface area contributed by atoms with Gasteiger partial charge in [-0.15, -0.1) is 0 Å². The summed E-state index contributed by atoms with van der Waals surface area (Å²) < 4.78 is 20.6. The van der Waals surface area contributed by atoms with Gasteiger partial charge in [-0.2, -0.15) is 5.10 Å². The molecule has 1 amide bonds. The van der Waals surface area contributed by atoms with Gasteiger partial charge in [0.1, 0.15) is 11.6 Å². The van der Waals surface area contributed by atoms with E-state index in [1.165, 1.54) is 23.3 Å². The average molecular weight is 461 g/mol. The van der Waals surface area contributed by atoms with Crippen molar-refractivity contribution >= 4 is 12.0 Å². The van der Waals surface area contributed by atoms with Crippen molar-refractivity contribution in [1.82, 2.24) is 19.6 Å². The molecule has 2 aliphatic heterocycles. The predicted octanol–water partition coefficient (Wildman–Crippen LogP) is 3.92. The third-order valence-corrected chi connectivity index (χ3v) is 6.66. The number of fused-ring (bicyclic) bond motifs is 1. The summed E-state index contributed by atoms with van der Waals surface area (Å²) in [4.78, 5) is 17.1. The molecule has 3 heterocycles. The molecule has 176 valence electrons. The first-order valence-electron chi connectivity index (χ1n) is 11.7. The van der Waals surface area contributed by atoms with Gasteiger partial charge in [-0.25, -0.2) is 9.07 Å². The van der Waals surface area contributed by atoms with Gasteiger partial charge in [-0.3, -0.25) is 9.69 Å². The number of rotatable bonds is 5. The highest BCUT2D eigenvalue weighted by Gasteiger charge is 2.21. The third-order valence-electron chi connectivity index (χ3n) is 6.66. The van der Waals surface area contributed by atoms with Gasteiger partial charge in [-0.1, -0.05) is 12.1 Å². The number of benzene rings is 2. The fourth-order valence-corrected chi connectivity index (χ4v) is 4.71. The molecule has 1 saturated heterocycles. The van der Waals surface area contributed by atoms with Crippen molar-refractivity contribution in [3.8, 4) is 11.4 Å². The van der Waals surface area contributed by atoms with Crippen LogP contribution in [0.5, 0.6) is 5.75 Å². The second kappa shape index (κ2) is 9.43. The van der Waals surface area contributed by atoms with Crippen molar-refractivity contribution < 1.29 is 13.9 Å². The molecule has 0 bridgehead atoms. The van der Waals surface area contributed by atoms with Gasteiger partial charge in [0, 0.05) is 56.5 Å². The summed E-state index contributed by atoms with van der Waals surface area (Å²) in [6.45, 7) is 8.68. The van der Waals surface area contributed by atoms with Crippen molar-refractivity contribution in [3.05, 3.63) is 82.4 Å². The number of aromatic nitrogens is 2. The Morgan fingerprint density at radius 3 is 2.62 bits per heavy atom. The lowest BCUT2D eigenvalue weighted by Crippen LogP contribution is -2.47. The summed E-state index contributed by atoms with van der Waals surface area (Å²) in [6.07, 6.45) is 4.47. The van der Waals surface area contributed by atoms with Crippen LogP contribution in [0.15, 0.2) is 48.5 Å².